The van der Waals surface area contributed by atoms with E-state index >= 15 is 0 Å². The number of carbonyl (C=O) groups is 1. The molecule has 50 heavy (non-hydrogen) atoms. The van der Waals surface area contributed by atoms with Crippen molar-refractivity contribution in [3.63, 3.8) is 0 Å². The second-order valence-corrected chi connectivity index (χ2v) is 14.9. The highest BCUT2D eigenvalue weighted by molar-refractivity contribution is 5.84. The van der Waals surface area contributed by atoms with E-state index in [1.165, 1.54) is 52.0 Å². The molecule has 0 radical (unpaired) electrons. The molecule has 0 aliphatic carbocycles. The Morgan fingerprint density at radius 1 is 0.940 bits per heavy atom. The van der Waals surface area contributed by atoms with Crippen molar-refractivity contribution in [3.8, 4) is 28.1 Å². The summed E-state index contributed by atoms with van der Waals surface area (Å²) in [7, 11) is 1.70. The maximum Gasteiger partial charge on any atom is 0.290 e. The van der Waals surface area contributed by atoms with Gasteiger partial charge in [-0.05, 0) is 100 Å². The van der Waals surface area contributed by atoms with Crippen molar-refractivity contribution in [2.75, 3.05) is 36.5 Å². The molecule has 4 heterocycles. The average Bonchev–Trinajstić information content (AvgIpc) is 3.07. The Morgan fingerprint density at radius 3 is 2.24 bits per heavy atom. The fourth-order valence-electron chi connectivity index (χ4n) is 6.75. The van der Waals surface area contributed by atoms with E-state index in [2.05, 4.69) is 78.7 Å². The summed E-state index contributed by atoms with van der Waals surface area (Å²) in [6.07, 6.45) is 6.08. The average molecular weight is 682 g/mol. The number of fused-ring (bicyclic) bond motifs is 1. The Bertz CT molecular complexity index is 1750. The summed E-state index contributed by atoms with van der Waals surface area (Å²) in [5, 5.41) is 15.4. The van der Waals surface area contributed by atoms with Crippen LogP contribution in [0.15, 0.2) is 54.9 Å². The van der Waals surface area contributed by atoms with Gasteiger partial charge in [0.2, 0.25) is 0 Å². The van der Waals surface area contributed by atoms with Gasteiger partial charge in [0.15, 0.2) is 0 Å². The Balaban J connectivity index is 0.000000637. The Morgan fingerprint density at radius 2 is 1.60 bits per heavy atom. The van der Waals surface area contributed by atoms with Crippen LogP contribution in [0.4, 0.5) is 11.5 Å². The summed E-state index contributed by atoms with van der Waals surface area (Å²) in [6.45, 7) is 20.4. The number of rotatable bonds is 6. The molecule has 2 aliphatic rings. The molecule has 1 saturated heterocycles. The molecule has 0 spiro atoms. The highest BCUT2D eigenvalue weighted by Gasteiger charge is 2.30. The molecule has 0 amide bonds. The summed E-state index contributed by atoms with van der Waals surface area (Å²) in [4.78, 5) is 27.6. The van der Waals surface area contributed by atoms with Gasteiger partial charge in [0.05, 0.1) is 24.1 Å². The molecule has 2 N–H and O–H groups in total. The fraction of sp³-hybridized carbons (Fsp3) is 0.463. The molecule has 1 fully saturated rings. The minimum atomic E-state index is -0.500. The van der Waals surface area contributed by atoms with E-state index in [0.29, 0.717) is 5.41 Å². The standard InChI is InChI=1S/C36H43N5O.C4H10O.CH2O2/c1-7-29-24(2)39-25(3)34(35(29)40-18-15-36(4,5)16-19-40)27-12-13-28-22-41(17-14-26(28)20-27)33-21-31(37-23-38-33)30-10-8-9-11-32(30)42-6;1-4(2,3)5;2-1-3/h8-13,20-21,23H,7,14-19,22H2,1-6H3;5H,1-3H3;1H,(H,2,3). The molecule has 268 valence electrons. The van der Waals surface area contributed by atoms with Crippen molar-refractivity contribution in [1.82, 2.24) is 15.0 Å². The third-order valence-corrected chi connectivity index (χ3v) is 9.31. The number of aromatic nitrogens is 3. The number of pyridine rings is 1. The van der Waals surface area contributed by atoms with Gasteiger partial charge in [-0.15, -0.1) is 0 Å². The largest absolute Gasteiger partial charge is 0.496 e. The van der Waals surface area contributed by atoms with Crippen LogP contribution in [0, 0.1) is 19.3 Å². The van der Waals surface area contributed by atoms with Gasteiger partial charge in [0.1, 0.15) is 17.9 Å². The quantitative estimate of drug-likeness (QED) is 0.195. The number of ether oxygens (including phenoxy) is 1. The van der Waals surface area contributed by atoms with Gasteiger partial charge in [-0.2, -0.15) is 0 Å². The van der Waals surface area contributed by atoms with Crippen molar-refractivity contribution in [2.45, 2.75) is 93.2 Å². The van der Waals surface area contributed by atoms with Crippen LogP contribution in [0.2, 0.25) is 0 Å². The van der Waals surface area contributed by atoms with Gasteiger partial charge < -0.3 is 24.7 Å². The molecule has 2 aliphatic heterocycles. The summed E-state index contributed by atoms with van der Waals surface area (Å²) in [6, 6.07) is 17.2. The molecule has 0 unspecified atom stereocenters. The van der Waals surface area contributed by atoms with E-state index in [-0.39, 0.29) is 6.47 Å². The molecule has 2 aromatic carbocycles. The second kappa shape index (κ2) is 16.5. The first kappa shape index (κ1) is 38.3. The molecule has 0 bridgehead atoms. The van der Waals surface area contributed by atoms with Crippen molar-refractivity contribution < 1.29 is 19.7 Å². The van der Waals surface area contributed by atoms with E-state index in [9.17, 15) is 0 Å². The lowest BCUT2D eigenvalue weighted by molar-refractivity contribution is -0.122. The van der Waals surface area contributed by atoms with Crippen LogP contribution in [0.1, 0.15) is 82.5 Å². The van der Waals surface area contributed by atoms with Crippen LogP contribution in [-0.4, -0.2) is 64.0 Å². The number of hydrogen-bond donors (Lipinski definition) is 2. The monoisotopic (exact) mass is 681 g/mol. The number of benzene rings is 2. The van der Waals surface area contributed by atoms with Gasteiger partial charge in [0.25, 0.3) is 6.47 Å². The lowest BCUT2D eigenvalue weighted by Crippen LogP contribution is -2.38. The Kier molecular flexibility index (Phi) is 12.6. The third-order valence-electron chi connectivity index (χ3n) is 9.31. The van der Waals surface area contributed by atoms with Gasteiger partial charge in [-0.1, -0.05) is 51.1 Å². The van der Waals surface area contributed by atoms with Gasteiger partial charge in [-0.3, -0.25) is 9.78 Å². The minimum Gasteiger partial charge on any atom is -0.496 e. The topological polar surface area (TPSA) is 112 Å². The molecule has 0 atom stereocenters. The van der Waals surface area contributed by atoms with E-state index in [0.717, 1.165) is 67.5 Å². The summed E-state index contributed by atoms with van der Waals surface area (Å²) in [5.41, 5.74) is 12.3. The number of hydrogen-bond acceptors (Lipinski definition) is 8. The first-order chi connectivity index (χ1) is 23.7. The number of para-hydroxylation sites is 1. The normalized spacial score (nSPS) is 15.2. The van der Waals surface area contributed by atoms with Crippen LogP contribution >= 0.6 is 0 Å². The fourth-order valence-corrected chi connectivity index (χ4v) is 6.75. The number of anilines is 2. The van der Waals surface area contributed by atoms with Crippen LogP contribution in [-0.2, 0) is 24.2 Å². The van der Waals surface area contributed by atoms with Crippen molar-refractivity contribution >= 4 is 18.0 Å². The number of aliphatic hydroxyl groups is 1. The number of nitrogens with zero attached hydrogens (tertiary/aromatic N) is 5. The van der Waals surface area contributed by atoms with Crippen molar-refractivity contribution in [1.29, 1.82) is 0 Å². The first-order valence-electron chi connectivity index (χ1n) is 17.6. The zero-order valence-corrected chi connectivity index (χ0v) is 31.4. The minimum absolute atomic E-state index is 0.250. The van der Waals surface area contributed by atoms with E-state index < -0.39 is 5.60 Å². The summed E-state index contributed by atoms with van der Waals surface area (Å²) >= 11 is 0. The highest BCUT2D eigenvalue weighted by Crippen LogP contribution is 2.42. The number of carboxylic acid groups (broad SMARTS) is 1. The van der Waals surface area contributed by atoms with Gasteiger partial charge in [0, 0.05) is 54.8 Å². The molecule has 0 saturated carbocycles. The highest BCUT2D eigenvalue weighted by atomic mass is 16.5. The van der Waals surface area contributed by atoms with Gasteiger partial charge in [-0.25, -0.2) is 9.97 Å². The predicted molar refractivity (Wildman–Crippen MR) is 203 cm³/mol. The smallest absolute Gasteiger partial charge is 0.290 e. The first-order valence-corrected chi connectivity index (χ1v) is 17.6. The molecular weight excluding hydrogens is 626 g/mol. The molecule has 2 aromatic heterocycles. The molecule has 9 nitrogen and oxygen atoms in total. The maximum absolute atomic E-state index is 8.52. The lowest BCUT2D eigenvalue weighted by Gasteiger charge is -2.40. The van der Waals surface area contributed by atoms with Crippen molar-refractivity contribution in [3.05, 3.63) is 82.9 Å². The SMILES string of the molecule is CC(C)(C)O.CCc1c(C)nc(C)c(-c2ccc3c(c2)CCN(c2cc(-c4ccccc4OC)ncn2)C3)c1N1CCC(C)(C)CC1.O=CO. The second-order valence-electron chi connectivity index (χ2n) is 14.9. The number of aryl methyl sites for hydroxylation is 2. The summed E-state index contributed by atoms with van der Waals surface area (Å²) < 4.78 is 5.58. The van der Waals surface area contributed by atoms with Crippen molar-refractivity contribution in [2.24, 2.45) is 5.41 Å². The zero-order chi connectivity index (χ0) is 36.6. The maximum atomic E-state index is 8.52. The van der Waals surface area contributed by atoms with Crippen LogP contribution < -0.4 is 14.5 Å². The Hall–Kier alpha value is -4.50. The van der Waals surface area contributed by atoms with Crippen LogP contribution in [0.25, 0.3) is 22.4 Å². The summed E-state index contributed by atoms with van der Waals surface area (Å²) in [5.74, 6) is 1.76. The lowest BCUT2D eigenvalue weighted by atomic mass is 9.82. The van der Waals surface area contributed by atoms with Gasteiger partial charge >= 0.3 is 0 Å². The van der Waals surface area contributed by atoms with E-state index in [4.69, 9.17) is 24.7 Å². The number of piperidine rings is 1. The number of methoxy groups -OCH3 is 1. The van der Waals surface area contributed by atoms with Crippen LogP contribution in [0.3, 0.4) is 0 Å². The molecule has 9 heteroatoms. The molecular formula is C41H55N5O4. The third kappa shape index (κ3) is 9.59. The molecule has 4 aromatic rings. The Labute approximate surface area is 298 Å². The zero-order valence-electron chi connectivity index (χ0n) is 31.4. The van der Waals surface area contributed by atoms with Crippen LogP contribution in [0.5, 0.6) is 5.75 Å². The predicted octanol–water partition coefficient (Wildman–Crippen LogP) is 8.06. The molecule has 6 rings (SSSR count). The van der Waals surface area contributed by atoms with E-state index in [1.54, 1.807) is 34.2 Å². The van der Waals surface area contributed by atoms with E-state index in [1.807, 2.05) is 24.3 Å².